The Morgan fingerprint density at radius 2 is 1.50 bits per heavy atom. The van der Waals surface area contributed by atoms with Crippen molar-refractivity contribution in [3.8, 4) is 11.6 Å². The van der Waals surface area contributed by atoms with Crippen LogP contribution < -0.4 is 9.84 Å². The van der Waals surface area contributed by atoms with Gasteiger partial charge in [0.1, 0.15) is 5.75 Å². The number of carboxylic acid groups (broad SMARTS) is 1. The Kier molecular flexibility index (Phi) is 10.5. The highest BCUT2D eigenvalue weighted by atomic mass is 35.5. The van der Waals surface area contributed by atoms with Gasteiger partial charge >= 0.3 is 0 Å². The summed E-state index contributed by atoms with van der Waals surface area (Å²) in [5.41, 5.74) is 4.53. The zero-order chi connectivity index (χ0) is 26.1. The van der Waals surface area contributed by atoms with Gasteiger partial charge in [-0.05, 0) is 68.5 Å². The van der Waals surface area contributed by atoms with E-state index in [2.05, 4.69) is 42.8 Å². The molecule has 196 valence electrons. The van der Waals surface area contributed by atoms with Crippen molar-refractivity contribution in [1.29, 1.82) is 0 Å². The molecule has 0 aliphatic heterocycles. The number of fused-ring (bicyclic) bond motifs is 1. The molecular formula is C28H38ClN4O3-. The maximum absolute atomic E-state index is 12.3. The van der Waals surface area contributed by atoms with Gasteiger partial charge in [-0.1, -0.05) is 53.4 Å². The summed E-state index contributed by atoms with van der Waals surface area (Å²) in [5.74, 6) is 1.16. The summed E-state index contributed by atoms with van der Waals surface area (Å²) in [5, 5.41) is 17.9. The van der Waals surface area contributed by atoms with E-state index in [1.807, 2.05) is 0 Å². The number of hydrogen-bond acceptors (Lipinski definition) is 6. The molecule has 2 aromatic heterocycles. The van der Waals surface area contributed by atoms with E-state index in [-0.39, 0.29) is 5.28 Å². The first kappa shape index (κ1) is 27.9. The van der Waals surface area contributed by atoms with Crippen LogP contribution in [0.25, 0.3) is 10.9 Å². The van der Waals surface area contributed by atoms with E-state index in [1.165, 1.54) is 0 Å². The van der Waals surface area contributed by atoms with Crippen molar-refractivity contribution in [2.75, 3.05) is 0 Å². The third-order valence-corrected chi connectivity index (χ3v) is 6.73. The summed E-state index contributed by atoms with van der Waals surface area (Å²) in [7, 11) is 0. The molecule has 0 spiro atoms. The average Bonchev–Trinajstić information content (AvgIpc) is 3.24. The van der Waals surface area contributed by atoms with E-state index >= 15 is 0 Å². The van der Waals surface area contributed by atoms with Gasteiger partial charge in [-0.25, -0.2) is 9.67 Å². The van der Waals surface area contributed by atoms with E-state index in [4.69, 9.17) is 16.3 Å². The van der Waals surface area contributed by atoms with Gasteiger partial charge in [-0.3, -0.25) is 0 Å². The number of nitrogens with zero attached hydrogens (tertiary/aromatic N) is 4. The number of carbonyl (C=O) groups is 1. The molecule has 36 heavy (non-hydrogen) atoms. The number of unbranched alkanes of at least 4 members (excludes halogenated alkanes) is 4. The second kappa shape index (κ2) is 13.6. The first-order chi connectivity index (χ1) is 17.5. The number of halogens is 1. The Morgan fingerprint density at radius 1 is 0.917 bits per heavy atom. The van der Waals surface area contributed by atoms with Crippen molar-refractivity contribution >= 4 is 28.6 Å². The average molecular weight is 514 g/mol. The quantitative estimate of drug-likeness (QED) is 0.219. The fourth-order valence-corrected chi connectivity index (χ4v) is 4.86. The Morgan fingerprint density at radius 3 is 2.08 bits per heavy atom. The van der Waals surface area contributed by atoms with Crippen molar-refractivity contribution in [1.82, 2.24) is 19.7 Å². The summed E-state index contributed by atoms with van der Waals surface area (Å²) in [4.78, 5) is 20.6. The minimum absolute atomic E-state index is 0.124. The molecule has 0 N–H and O–H groups in total. The molecule has 0 aliphatic rings. The van der Waals surface area contributed by atoms with Gasteiger partial charge in [0.05, 0.1) is 11.2 Å². The largest absolute Gasteiger partial charge is 0.528 e. The Balaban J connectivity index is 2.44. The molecule has 0 fully saturated rings. The van der Waals surface area contributed by atoms with Gasteiger partial charge in [0, 0.05) is 28.8 Å². The van der Waals surface area contributed by atoms with Crippen LogP contribution in [0.1, 0.15) is 101 Å². The number of aryl methyl sites for hydroxylation is 3. The van der Waals surface area contributed by atoms with Crippen molar-refractivity contribution in [2.45, 2.75) is 105 Å². The van der Waals surface area contributed by atoms with Crippen molar-refractivity contribution < 1.29 is 14.6 Å². The first-order valence-corrected chi connectivity index (χ1v) is 13.8. The molecule has 0 atom stereocenters. The topological polar surface area (TPSA) is 93.0 Å². The monoisotopic (exact) mass is 513 g/mol. The summed E-state index contributed by atoms with van der Waals surface area (Å²) >= 11 is 6.09. The van der Waals surface area contributed by atoms with E-state index in [9.17, 15) is 9.90 Å². The lowest BCUT2D eigenvalue weighted by atomic mass is 9.88. The normalized spacial score (nSPS) is 11.4. The zero-order valence-electron chi connectivity index (χ0n) is 22.0. The minimum atomic E-state index is -1.29. The predicted molar refractivity (Wildman–Crippen MR) is 142 cm³/mol. The van der Waals surface area contributed by atoms with Crippen LogP contribution in [-0.4, -0.2) is 25.8 Å². The van der Waals surface area contributed by atoms with Gasteiger partial charge in [-0.15, -0.1) is 0 Å². The Hall–Kier alpha value is -2.67. The summed E-state index contributed by atoms with van der Waals surface area (Å²) < 4.78 is 7.65. The van der Waals surface area contributed by atoms with E-state index < -0.39 is 6.09 Å². The maximum Gasteiger partial charge on any atom is 0.225 e. The summed E-state index contributed by atoms with van der Waals surface area (Å²) in [6.07, 6.45) is 11.0. The number of aromatic nitrogens is 4. The molecule has 0 saturated heterocycles. The molecule has 0 bridgehead atoms. The lowest BCUT2D eigenvalue weighted by molar-refractivity contribution is -0.251. The molecule has 1 aromatic carbocycles. The van der Waals surface area contributed by atoms with E-state index in [0.29, 0.717) is 17.8 Å². The van der Waals surface area contributed by atoms with Crippen molar-refractivity contribution in [3.05, 3.63) is 39.9 Å². The van der Waals surface area contributed by atoms with E-state index in [0.717, 1.165) is 109 Å². The fraction of sp³-hybridized carbons (Fsp3) is 0.571. The molecule has 2 heterocycles. The van der Waals surface area contributed by atoms with Crippen molar-refractivity contribution in [3.63, 3.8) is 0 Å². The van der Waals surface area contributed by atoms with Crippen LogP contribution in [0.15, 0.2) is 12.3 Å². The van der Waals surface area contributed by atoms with Gasteiger partial charge < -0.3 is 14.6 Å². The number of benzene rings is 1. The highest BCUT2D eigenvalue weighted by Crippen LogP contribution is 2.42. The number of rotatable bonds is 14. The van der Waals surface area contributed by atoms with Gasteiger partial charge in [-0.2, -0.15) is 10.1 Å². The zero-order valence-corrected chi connectivity index (χ0v) is 22.8. The SMILES string of the molecule is CCCCc1c(Oc2ccnc(Cl)n2)c(CCCC)c2c(CCCC)nn(C(=O)[O-])c2c1CCCC. The van der Waals surface area contributed by atoms with E-state index in [1.54, 1.807) is 12.3 Å². The lowest BCUT2D eigenvalue weighted by Gasteiger charge is -2.22. The summed E-state index contributed by atoms with van der Waals surface area (Å²) in [6, 6.07) is 1.71. The minimum Gasteiger partial charge on any atom is -0.528 e. The third-order valence-electron chi connectivity index (χ3n) is 6.55. The molecule has 7 nitrogen and oxygen atoms in total. The molecule has 0 amide bonds. The lowest BCUT2D eigenvalue weighted by Crippen LogP contribution is -2.30. The molecular weight excluding hydrogens is 476 g/mol. The molecule has 8 heteroatoms. The smallest absolute Gasteiger partial charge is 0.225 e. The third kappa shape index (κ3) is 6.36. The Bertz CT molecular complexity index is 1180. The van der Waals surface area contributed by atoms with Crippen molar-refractivity contribution in [2.24, 2.45) is 0 Å². The van der Waals surface area contributed by atoms with Gasteiger partial charge in [0.25, 0.3) is 0 Å². The van der Waals surface area contributed by atoms with Gasteiger partial charge in [0.15, 0.2) is 6.09 Å². The highest BCUT2D eigenvalue weighted by molar-refractivity contribution is 6.28. The standard InChI is InChI=1S/C28H39ClN4O3/c1-5-9-13-19-20(14-10-6-2)26(36-23-17-18-30-27(29)31-23)21(15-11-7-3)24-22(16-12-8-4)32-33(25(19)24)28(34)35/h17-18H,5-16H2,1-4H3,(H,34,35)/p-1. The first-order valence-electron chi connectivity index (χ1n) is 13.4. The Labute approximate surface area is 219 Å². The maximum atomic E-state index is 12.3. The van der Waals surface area contributed by atoms with Gasteiger partial charge in [0.2, 0.25) is 11.2 Å². The van der Waals surface area contributed by atoms with Crippen LogP contribution in [0.4, 0.5) is 4.79 Å². The van der Waals surface area contributed by atoms with Crippen LogP contribution in [0.5, 0.6) is 11.6 Å². The number of ether oxygens (including phenoxy) is 1. The number of hydrogen-bond donors (Lipinski definition) is 0. The summed E-state index contributed by atoms with van der Waals surface area (Å²) in [6.45, 7) is 8.57. The van der Waals surface area contributed by atoms with Crippen LogP contribution in [-0.2, 0) is 25.7 Å². The fourth-order valence-electron chi connectivity index (χ4n) is 4.72. The highest BCUT2D eigenvalue weighted by Gasteiger charge is 2.27. The molecule has 0 radical (unpaired) electrons. The van der Waals surface area contributed by atoms with Crippen LogP contribution in [0.3, 0.4) is 0 Å². The second-order valence-electron chi connectivity index (χ2n) is 9.29. The predicted octanol–water partition coefficient (Wildman–Crippen LogP) is 6.83. The second-order valence-corrected chi connectivity index (χ2v) is 9.63. The molecule has 3 rings (SSSR count). The molecule has 3 aromatic rings. The van der Waals surface area contributed by atoms with Crippen LogP contribution in [0, 0.1) is 0 Å². The van der Waals surface area contributed by atoms with Crippen LogP contribution in [0.2, 0.25) is 5.28 Å². The van der Waals surface area contributed by atoms with Crippen LogP contribution >= 0.6 is 11.6 Å². The molecule has 0 saturated carbocycles. The molecule has 0 unspecified atom stereocenters. The molecule has 0 aliphatic carbocycles. The number of carbonyl (C=O) groups excluding carboxylic acids is 1.